The summed E-state index contributed by atoms with van der Waals surface area (Å²) in [6, 6.07) is 7.62. The van der Waals surface area contributed by atoms with E-state index in [1.54, 1.807) is 7.11 Å². The highest BCUT2D eigenvalue weighted by atomic mass is 16.5. The molecule has 2 aliphatic rings. The van der Waals surface area contributed by atoms with Crippen molar-refractivity contribution in [3.63, 3.8) is 0 Å². The Morgan fingerprint density at radius 2 is 1.95 bits per heavy atom. The first kappa shape index (κ1) is 14.0. The van der Waals surface area contributed by atoms with Crippen molar-refractivity contribution in [1.82, 2.24) is 4.90 Å². The van der Waals surface area contributed by atoms with Crippen molar-refractivity contribution >= 4 is 5.91 Å². The Kier molecular flexibility index (Phi) is 4.13. The fourth-order valence-electron chi connectivity index (χ4n) is 2.86. The molecule has 0 N–H and O–H groups in total. The van der Waals surface area contributed by atoms with E-state index in [2.05, 4.69) is 12.2 Å². The van der Waals surface area contributed by atoms with Crippen LogP contribution in [0.5, 0.6) is 11.5 Å². The van der Waals surface area contributed by atoms with Crippen LogP contribution in [-0.2, 0) is 4.79 Å². The van der Waals surface area contributed by atoms with Crippen LogP contribution in [0.3, 0.4) is 0 Å². The summed E-state index contributed by atoms with van der Waals surface area (Å²) in [7, 11) is 1.63. The number of rotatable bonds is 4. The molecule has 0 radical (unpaired) electrons. The summed E-state index contributed by atoms with van der Waals surface area (Å²) in [6.45, 7) is 1.36. The molecular weight excluding hydrogens is 266 g/mol. The Labute approximate surface area is 125 Å². The molecule has 1 amide bonds. The predicted molar refractivity (Wildman–Crippen MR) is 80.5 cm³/mol. The molecule has 0 spiro atoms. The summed E-state index contributed by atoms with van der Waals surface area (Å²) in [5.74, 6) is 1.93. The molecular formula is C17H21NO3. The Morgan fingerprint density at radius 3 is 2.62 bits per heavy atom. The summed E-state index contributed by atoms with van der Waals surface area (Å²) in [5.41, 5.74) is 0. The van der Waals surface area contributed by atoms with Crippen LogP contribution in [0.1, 0.15) is 19.3 Å². The highest BCUT2D eigenvalue weighted by Gasteiger charge is 2.35. The number of hydrogen-bond acceptors (Lipinski definition) is 3. The fraction of sp³-hybridized carbons (Fsp3) is 0.471. The van der Waals surface area contributed by atoms with Crippen molar-refractivity contribution in [3.8, 4) is 11.5 Å². The molecule has 0 saturated carbocycles. The van der Waals surface area contributed by atoms with Crippen LogP contribution in [0.15, 0.2) is 36.4 Å². The number of methoxy groups -OCH3 is 1. The van der Waals surface area contributed by atoms with E-state index < -0.39 is 0 Å². The zero-order chi connectivity index (χ0) is 14.7. The van der Waals surface area contributed by atoms with Gasteiger partial charge >= 0.3 is 0 Å². The van der Waals surface area contributed by atoms with Crippen LogP contribution < -0.4 is 9.47 Å². The summed E-state index contributed by atoms with van der Waals surface area (Å²) >= 11 is 0. The Balaban J connectivity index is 1.51. The van der Waals surface area contributed by atoms with Crippen molar-refractivity contribution in [3.05, 3.63) is 36.4 Å². The molecule has 1 heterocycles. The standard InChI is InChI=1S/C17H21NO3/c1-20-15-9-5-6-10-16(15)21-14-11-18(12-14)17(19)13-7-3-2-4-8-13/h2-3,5-6,9-10,13-14H,4,7-8,11-12H2,1H3. The van der Waals surface area contributed by atoms with Crippen LogP contribution in [0.2, 0.25) is 0 Å². The van der Waals surface area contributed by atoms with Crippen molar-refractivity contribution in [2.75, 3.05) is 20.2 Å². The molecule has 1 fully saturated rings. The van der Waals surface area contributed by atoms with Gasteiger partial charge in [0, 0.05) is 5.92 Å². The molecule has 1 aliphatic carbocycles. The van der Waals surface area contributed by atoms with Crippen LogP contribution in [0.25, 0.3) is 0 Å². The molecule has 112 valence electrons. The molecule has 1 aliphatic heterocycles. The molecule has 4 nitrogen and oxygen atoms in total. The average molecular weight is 287 g/mol. The number of allylic oxidation sites excluding steroid dienone is 2. The third-order valence-electron chi connectivity index (χ3n) is 4.14. The average Bonchev–Trinajstić information content (AvgIpc) is 2.51. The molecule has 0 bridgehead atoms. The number of amides is 1. The summed E-state index contributed by atoms with van der Waals surface area (Å²) in [5, 5.41) is 0. The Hall–Kier alpha value is -1.97. The van der Waals surface area contributed by atoms with E-state index in [0.717, 1.165) is 30.8 Å². The topological polar surface area (TPSA) is 38.8 Å². The van der Waals surface area contributed by atoms with Crippen LogP contribution >= 0.6 is 0 Å². The van der Waals surface area contributed by atoms with Crippen molar-refractivity contribution in [2.24, 2.45) is 5.92 Å². The first-order valence-electron chi connectivity index (χ1n) is 7.51. The molecule has 1 aromatic rings. The molecule has 1 saturated heterocycles. The maximum absolute atomic E-state index is 12.3. The van der Waals surface area contributed by atoms with Crippen molar-refractivity contribution < 1.29 is 14.3 Å². The van der Waals surface area contributed by atoms with Gasteiger partial charge in [-0.15, -0.1) is 0 Å². The minimum Gasteiger partial charge on any atom is -0.493 e. The lowest BCUT2D eigenvalue weighted by molar-refractivity contribution is -0.144. The van der Waals surface area contributed by atoms with E-state index in [0.29, 0.717) is 13.1 Å². The minimum absolute atomic E-state index is 0.0735. The van der Waals surface area contributed by atoms with E-state index in [9.17, 15) is 4.79 Å². The number of hydrogen-bond donors (Lipinski definition) is 0. The Morgan fingerprint density at radius 1 is 1.19 bits per heavy atom. The number of para-hydroxylation sites is 2. The molecule has 1 aromatic carbocycles. The summed E-state index contributed by atoms with van der Waals surface area (Å²) < 4.78 is 11.2. The van der Waals surface area contributed by atoms with E-state index in [1.165, 1.54) is 0 Å². The highest BCUT2D eigenvalue weighted by molar-refractivity contribution is 5.80. The number of nitrogens with zero attached hydrogens (tertiary/aromatic N) is 1. The van der Waals surface area contributed by atoms with Crippen molar-refractivity contribution in [1.29, 1.82) is 0 Å². The summed E-state index contributed by atoms with van der Waals surface area (Å²) in [6.07, 6.45) is 7.23. The first-order valence-corrected chi connectivity index (χ1v) is 7.51. The second kappa shape index (κ2) is 6.20. The lowest BCUT2D eigenvalue weighted by atomic mass is 9.92. The third kappa shape index (κ3) is 3.04. The number of benzene rings is 1. The number of carbonyl (C=O) groups excluding carboxylic acids is 1. The number of ether oxygens (including phenoxy) is 2. The molecule has 1 atom stereocenters. The zero-order valence-corrected chi connectivity index (χ0v) is 12.3. The van der Waals surface area contributed by atoms with E-state index in [-0.39, 0.29) is 17.9 Å². The largest absolute Gasteiger partial charge is 0.493 e. The molecule has 4 heteroatoms. The van der Waals surface area contributed by atoms with Gasteiger partial charge in [0.25, 0.3) is 0 Å². The normalized spacial score (nSPS) is 21.8. The van der Waals surface area contributed by atoms with Gasteiger partial charge in [0.15, 0.2) is 11.5 Å². The minimum atomic E-state index is 0.0735. The maximum Gasteiger partial charge on any atom is 0.226 e. The van der Waals surface area contributed by atoms with Gasteiger partial charge < -0.3 is 14.4 Å². The third-order valence-corrected chi connectivity index (χ3v) is 4.14. The SMILES string of the molecule is COc1ccccc1OC1CN(C(=O)C2CC=CCC2)C1. The molecule has 21 heavy (non-hydrogen) atoms. The van der Waals surface area contributed by atoms with Gasteiger partial charge in [0.05, 0.1) is 20.2 Å². The van der Waals surface area contributed by atoms with Gasteiger partial charge in [-0.3, -0.25) is 4.79 Å². The monoisotopic (exact) mass is 287 g/mol. The smallest absolute Gasteiger partial charge is 0.226 e. The predicted octanol–water partition coefficient (Wildman–Crippen LogP) is 2.64. The van der Waals surface area contributed by atoms with Crippen LogP contribution in [0, 0.1) is 5.92 Å². The second-order valence-electron chi connectivity index (χ2n) is 5.62. The van der Waals surface area contributed by atoms with Gasteiger partial charge in [-0.2, -0.15) is 0 Å². The lowest BCUT2D eigenvalue weighted by Crippen LogP contribution is -2.57. The number of carbonyl (C=O) groups is 1. The number of likely N-dealkylation sites (tertiary alicyclic amines) is 1. The molecule has 1 unspecified atom stereocenters. The lowest BCUT2D eigenvalue weighted by Gasteiger charge is -2.41. The van der Waals surface area contributed by atoms with Crippen LogP contribution in [-0.4, -0.2) is 37.1 Å². The highest BCUT2D eigenvalue weighted by Crippen LogP contribution is 2.30. The van der Waals surface area contributed by atoms with Gasteiger partial charge in [0.1, 0.15) is 6.10 Å². The van der Waals surface area contributed by atoms with Gasteiger partial charge in [-0.25, -0.2) is 0 Å². The van der Waals surface area contributed by atoms with E-state index >= 15 is 0 Å². The van der Waals surface area contributed by atoms with Gasteiger partial charge in [-0.05, 0) is 31.4 Å². The van der Waals surface area contributed by atoms with Gasteiger partial charge in [0.2, 0.25) is 5.91 Å². The quantitative estimate of drug-likeness (QED) is 0.799. The Bertz CT molecular complexity index is 535. The van der Waals surface area contributed by atoms with E-state index in [4.69, 9.17) is 9.47 Å². The second-order valence-corrected chi connectivity index (χ2v) is 5.62. The van der Waals surface area contributed by atoms with Crippen molar-refractivity contribution in [2.45, 2.75) is 25.4 Å². The maximum atomic E-state index is 12.3. The molecule has 0 aromatic heterocycles. The van der Waals surface area contributed by atoms with Gasteiger partial charge in [-0.1, -0.05) is 24.3 Å². The zero-order valence-electron chi connectivity index (χ0n) is 12.3. The van der Waals surface area contributed by atoms with Crippen LogP contribution in [0.4, 0.5) is 0 Å². The van der Waals surface area contributed by atoms with E-state index in [1.807, 2.05) is 29.2 Å². The fourth-order valence-corrected chi connectivity index (χ4v) is 2.86. The summed E-state index contributed by atoms with van der Waals surface area (Å²) in [4.78, 5) is 14.2. The first-order chi connectivity index (χ1) is 10.3. The molecule has 3 rings (SSSR count).